The number of nitrogens with zero attached hydrogens (tertiary/aromatic N) is 1. The fourth-order valence-electron chi connectivity index (χ4n) is 1.93. The highest BCUT2D eigenvalue weighted by atomic mass is 79.9. The lowest BCUT2D eigenvalue weighted by Gasteiger charge is -2.15. The van der Waals surface area contributed by atoms with Crippen molar-refractivity contribution in [2.45, 2.75) is 18.8 Å². The third-order valence-corrected chi connectivity index (χ3v) is 3.52. The first-order chi connectivity index (χ1) is 7.56. The lowest BCUT2D eigenvalue weighted by atomic mass is 10.2. The first kappa shape index (κ1) is 11.9. The molecular weight excluding hydrogens is 272 g/mol. The molecule has 1 aromatic carbocycles. The number of hydrogen-bond acceptors (Lipinski definition) is 4. The van der Waals surface area contributed by atoms with Gasteiger partial charge in [0.2, 0.25) is 0 Å². The van der Waals surface area contributed by atoms with Gasteiger partial charge in [-0.25, -0.2) is 0 Å². The summed E-state index contributed by atoms with van der Waals surface area (Å²) in [6.07, 6.45) is -1.26. The van der Waals surface area contributed by atoms with Crippen LogP contribution in [0.3, 0.4) is 0 Å². The van der Waals surface area contributed by atoms with Gasteiger partial charge in [-0.3, -0.25) is 4.90 Å². The Labute approximate surface area is 103 Å². The van der Waals surface area contributed by atoms with E-state index in [0.717, 1.165) is 10.0 Å². The molecule has 1 heterocycles. The molecule has 2 atom stereocenters. The number of anilines is 1. The number of halogens is 1. The van der Waals surface area contributed by atoms with Crippen LogP contribution in [0, 0.1) is 0 Å². The van der Waals surface area contributed by atoms with E-state index in [0.29, 0.717) is 25.3 Å². The lowest BCUT2D eigenvalue weighted by molar-refractivity contribution is 0.0572. The van der Waals surface area contributed by atoms with E-state index in [1.165, 1.54) is 0 Å². The van der Waals surface area contributed by atoms with Crippen molar-refractivity contribution in [3.8, 4) is 0 Å². The van der Waals surface area contributed by atoms with Crippen LogP contribution < -0.4 is 5.73 Å². The minimum absolute atomic E-state index is 0.511. The Balaban J connectivity index is 2.02. The standard InChI is InChI=1S/C11H15BrN2O2/c12-8-2-1-7(3-9(8)13)4-14-5-10(15)11(16)6-14/h1-3,10-11,15-16H,4-6,13H2. The number of nitrogens with two attached hydrogens (primary N) is 1. The van der Waals surface area contributed by atoms with E-state index in [4.69, 9.17) is 5.73 Å². The third-order valence-electron chi connectivity index (χ3n) is 2.80. The van der Waals surface area contributed by atoms with Gasteiger partial charge in [-0.2, -0.15) is 0 Å². The molecule has 5 heteroatoms. The number of aliphatic hydroxyl groups excluding tert-OH is 2. The van der Waals surface area contributed by atoms with E-state index in [1.54, 1.807) is 0 Å². The third kappa shape index (κ3) is 2.55. The zero-order valence-electron chi connectivity index (χ0n) is 8.81. The molecule has 0 spiro atoms. The van der Waals surface area contributed by atoms with E-state index in [-0.39, 0.29) is 0 Å². The molecule has 0 radical (unpaired) electrons. The van der Waals surface area contributed by atoms with Crippen molar-refractivity contribution in [1.29, 1.82) is 0 Å². The summed E-state index contributed by atoms with van der Waals surface area (Å²) in [4.78, 5) is 2.01. The van der Waals surface area contributed by atoms with Crippen molar-refractivity contribution in [1.82, 2.24) is 4.90 Å². The smallest absolute Gasteiger partial charge is 0.0938 e. The first-order valence-corrected chi connectivity index (χ1v) is 5.98. The Morgan fingerprint density at radius 3 is 2.50 bits per heavy atom. The van der Waals surface area contributed by atoms with Crippen LogP contribution in [0.4, 0.5) is 5.69 Å². The summed E-state index contributed by atoms with van der Waals surface area (Å²) in [5, 5.41) is 18.8. The van der Waals surface area contributed by atoms with E-state index in [9.17, 15) is 10.2 Å². The maximum atomic E-state index is 9.42. The van der Waals surface area contributed by atoms with Gasteiger partial charge < -0.3 is 15.9 Å². The summed E-state index contributed by atoms with van der Waals surface area (Å²) in [7, 11) is 0. The van der Waals surface area contributed by atoms with E-state index < -0.39 is 12.2 Å². The quantitative estimate of drug-likeness (QED) is 0.696. The van der Waals surface area contributed by atoms with Crippen molar-refractivity contribution in [3.63, 3.8) is 0 Å². The summed E-state index contributed by atoms with van der Waals surface area (Å²) in [5.74, 6) is 0. The molecule has 0 amide bonds. The Morgan fingerprint density at radius 1 is 1.31 bits per heavy atom. The molecule has 1 aliphatic rings. The van der Waals surface area contributed by atoms with Gasteiger partial charge in [0.1, 0.15) is 0 Å². The summed E-state index contributed by atoms with van der Waals surface area (Å²) in [6, 6.07) is 5.80. The number of β-amino-alcohol motifs (C(OH)–C–C–N with tert-alkyl or cyclic N) is 2. The zero-order valence-corrected chi connectivity index (χ0v) is 10.4. The van der Waals surface area contributed by atoms with Gasteiger partial charge in [0.15, 0.2) is 0 Å². The van der Waals surface area contributed by atoms with Crippen molar-refractivity contribution in [2.75, 3.05) is 18.8 Å². The van der Waals surface area contributed by atoms with Gasteiger partial charge in [0.05, 0.1) is 12.2 Å². The van der Waals surface area contributed by atoms with Gasteiger partial charge in [-0.05, 0) is 33.6 Å². The number of aliphatic hydroxyl groups is 2. The monoisotopic (exact) mass is 286 g/mol. The molecule has 1 saturated heterocycles. The first-order valence-electron chi connectivity index (χ1n) is 5.18. The van der Waals surface area contributed by atoms with Crippen LogP contribution in [0.5, 0.6) is 0 Å². The number of benzene rings is 1. The summed E-state index contributed by atoms with van der Waals surface area (Å²) in [5.41, 5.74) is 7.58. The van der Waals surface area contributed by atoms with Crippen molar-refractivity contribution in [2.24, 2.45) is 0 Å². The lowest BCUT2D eigenvalue weighted by Crippen LogP contribution is -2.22. The molecular formula is C11H15BrN2O2. The molecule has 0 bridgehead atoms. The topological polar surface area (TPSA) is 69.7 Å². The SMILES string of the molecule is Nc1cc(CN2CC(O)C(O)C2)ccc1Br. The fraction of sp³-hybridized carbons (Fsp3) is 0.455. The van der Waals surface area contributed by atoms with Crippen LogP contribution in [0.1, 0.15) is 5.56 Å². The predicted octanol–water partition coefficient (Wildman–Crippen LogP) is 0.569. The highest BCUT2D eigenvalue weighted by Gasteiger charge is 2.29. The van der Waals surface area contributed by atoms with Gasteiger partial charge in [-0.1, -0.05) is 6.07 Å². The van der Waals surface area contributed by atoms with Crippen LogP contribution in [0.2, 0.25) is 0 Å². The Morgan fingerprint density at radius 2 is 1.94 bits per heavy atom. The number of nitrogen functional groups attached to an aromatic ring is 1. The predicted molar refractivity (Wildman–Crippen MR) is 65.8 cm³/mol. The second-order valence-electron chi connectivity index (χ2n) is 4.18. The van der Waals surface area contributed by atoms with Crippen LogP contribution in [-0.2, 0) is 6.54 Å². The maximum absolute atomic E-state index is 9.42. The Bertz CT molecular complexity index is 376. The molecule has 2 unspecified atom stereocenters. The highest BCUT2D eigenvalue weighted by molar-refractivity contribution is 9.10. The average Bonchev–Trinajstić information content (AvgIpc) is 2.52. The Kier molecular flexibility index (Phi) is 3.49. The second kappa shape index (κ2) is 4.71. The minimum Gasteiger partial charge on any atom is -0.398 e. The highest BCUT2D eigenvalue weighted by Crippen LogP contribution is 2.22. The number of rotatable bonds is 2. The Hall–Kier alpha value is -0.620. The molecule has 1 aliphatic heterocycles. The number of hydrogen-bond donors (Lipinski definition) is 3. The van der Waals surface area contributed by atoms with Crippen LogP contribution in [-0.4, -0.2) is 40.4 Å². The average molecular weight is 287 g/mol. The van der Waals surface area contributed by atoms with Crippen LogP contribution >= 0.6 is 15.9 Å². The fourth-order valence-corrected chi connectivity index (χ4v) is 2.17. The van der Waals surface area contributed by atoms with Crippen LogP contribution in [0.15, 0.2) is 22.7 Å². The molecule has 0 aromatic heterocycles. The molecule has 4 nitrogen and oxygen atoms in total. The molecule has 1 aromatic rings. The molecule has 0 aliphatic carbocycles. The van der Waals surface area contributed by atoms with Crippen molar-refractivity contribution in [3.05, 3.63) is 28.2 Å². The number of likely N-dealkylation sites (tertiary alicyclic amines) is 1. The molecule has 4 N–H and O–H groups in total. The largest absolute Gasteiger partial charge is 0.398 e. The minimum atomic E-state index is -0.632. The molecule has 16 heavy (non-hydrogen) atoms. The van der Waals surface area contributed by atoms with Gasteiger partial charge in [0.25, 0.3) is 0 Å². The van der Waals surface area contributed by atoms with Crippen molar-refractivity contribution >= 4 is 21.6 Å². The zero-order chi connectivity index (χ0) is 11.7. The van der Waals surface area contributed by atoms with Crippen LogP contribution in [0.25, 0.3) is 0 Å². The molecule has 1 fully saturated rings. The van der Waals surface area contributed by atoms with Gasteiger partial charge >= 0.3 is 0 Å². The molecule has 88 valence electrons. The molecule has 0 saturated carbocycles. The van der Waals surface area contributed by atoms with Crippen molar-refractivity contribution < 1.29 is 10.2 Å². The summed E-state index contributed by atoms with van der Waals surface area (Å²) >= 11 is 3.34. The second-order valence-corrected chi connectivity index (χ2v) is 5.04. The summed E-state index contributed by atoms with van der Waals surface area (Å²) < 4.78 is 0.887. The van der Waals surface area contributed by atoms with E-state index in [2.05, 4.69) is 15.9 Å². The van der Waals surface area contributed by atoms with E-state index >= 15 is 0 Å². The maximum Gasteiger partial charge on any atom is 0.0938 e. The summed E-state index contributed by atoms with van der Waals surface area (Å²) in [6.45, 7) is 1.72. The van der Waals surface area contributed by atoms with E-state index in [1.807, 2.05) is 23.1 Å². The van der Waals surface area contributed by atoms with Gasteiger partial charge in [-0.15, -0.1) is 0 Å². The molecule has 2 rings (SSSR count). The normalized spacial score (nSPS) is 26.2. The van der Waals surface area contributed by atoms with Gasteiger partial charge in [0, 0.05) is 29.8 Å².